The van der Waals surface area contributed by atoms with E-state index >= 15 is 0 Å². The van der Waals surface area contributed by atoms with E-state index in [0.717, 1.165) is 23.3 Å². The Morgan fingerprint density at radius 3 is 2.40 bits per heavy atom. The van der Waals surface area contributed by atoms with Crippen molar-refractivity contribution in [1.29, 1.82) is 0 Å². The number of esters is 1. The third kappa shape index (κ3) is 4.58. The number of carbonyl (C=O) groups excluding carboxylic acids is 2. The van der Waals surface area contributed by atoms with Crippen LogP contribution in [0.1, 0.15) is 49.8 Å². The standard InChI is InChI=1S/C24H25F2NO3/c1-14(2)30-24(29)23-16(4)27(13-17-7-5-15(3)6-8-17)22(28)12-20(23)19-10-9-18(25)11-21(19)26/h5-11,14,20H,12-13H2,1-4H3. The molecule has 1 heterocycles. The molecule has 0 aliphatic carbocycles. The second kappa shape index (κ2) is 8.78. The summed E-state index contributed by atoms with van der Waals surface area (Å²) in [6.45, 7) is 7.38. The topological polar surface area (TPSA) is 46.6 Å². The maximum Gasteiger partial charge on any atom is 0.336 e. The average molecular weight is 413 g/mol. The van der Waals surface area contributed by atoms with Gasteiger partial charge in [0.15, 0.2) is 0 Å². The van der Waals surface area contributed by atoms with E-state index in [0.29, 0.717) is 12.2 Å². The van der Waals surface area contributed by atoms with Crippen molar-refractivity contribution in [3.63, 3.8) is 0 Å². The van der Waals surface area contributed by atoms with Crippen LogP contribution in [0.3, 0.4) is 0 Å². The number of carbonyl (C=O) groups is 2. The van der Waals surface area contributed by atoms with Crippen LogP contribution in [0.2, 0.25) is 0 Å². The molecule has 2 aromatic carbocycles. The molecule has 30 heavy (non-hydrogen) atoms. The van der Waals surface area contributed by atoms with Gasteiger partial charge in [-0.2, -0.15) is 0 Å². The quantitative estimate of drug-likeness (QED) is 0.647. The van der Waals surface area contributed by atoms with E-state index in [-0.39, 0.29) is 29.6 Å². The molecule has 0 fully saturated rings. The lowest BCUT2D eigenvalue weighted by molar-refractivity contribution is -0.143. The first-order chi connectivity index (χ1) is 14.2. The van der Waals surface area contributed by atoms with Gasteiger partial charge in [0.2, 0.25) is 5.91 Å². The molecule has 2 aromatic rings. The highest BCUT2D eigenvalue weighted by Gasteiger charge is 2.38. The van der Waals surface area contributed by atoms with Crippen molar-refractivity contribution in [1.82, 2.24) is 4.90 Å². The Morgan fingerprint density at radius 2 is 1.80 bits per heavy atom. The molecule has 0 N–H and O–H groups in total. The number of hydrogen-bond acceptors (Lipinski definition) is 3. The van der Waals surface area contributed by atoms with Crippen molar-refractivity contribution in [2.75, 3.05) is 0 Å². The predicted molar refractivity (Wildman–Crippen MR) is 109 cm³/mol. The first-order valence-electron chi connectivity index (χ1n) is 9.90. The molecule has 1 unspecified atom stereocenters. The number of ether oxygens (including phenoxy) is 1. The van der Waals surface area contributed by atoms with Crippen molar-refractivity contribution in [2.24, 2.45) is 0 Å². The Bertz CT molecular complexity index is 996. The molecule has 4 nitrogen and oxygen atoms in total. The van der Waals surface area contributed by atoms with Gasteiger partial charge in [-0.1, -0.05) is 35.9 Å². The number of amides is 1. The van der Waals surface area contributed by atoms with Gasteiger partial charge in [-0.15, -0.1) is 0 Å². The van der Waals surface area contributed by atoms with Crippen LogP contribution in [-0.2, 0) is 20.9 Å². The molecule has 0 aromatic heterocycles. The van der Waals surface area contributed by atoms with Crippen molar-refractivity contribution < 1.29 is 23.1 Å². The van der Waals surface area contributed by atoms with Gasteiger partial charge in [0.1, 0.15) is 11.6 Å². The minimum absolute atomic E-state index is 0.103. The second-order valence-electron chi connectivity index (χ2n) is 7.84. The summed E-state index contributed by atoms with van der Waals surface area (Å²) in [7, 11) is 0. The summed E-state index contributed by atoms with van der Waals surface area (Å²) in [5.74, 6) is -3.17. The summed E-state index contributed by atoms with van der Waals surface area (Å²) >= 11 is 0. The fourth-order valence-electron chi connectivity index (χ4n) is 3.67. The van der Waals surface area contributed by atoms with Crippen LogP contribution in [0, 0.1) is 18.6 Å². The molecule has 1 aliphatic rings. The molecular formula is C24H25F2NO3. The van der Waals surface area contributed by atoms with E-state index in [4.69, 9.17) is 4.74 Å². The number of hydrogen-bond donors (Lipinski definition) is 0. The Hall–Kier alpha value is -3.02. The molecule has 3 rings (SSSR count). The Labute approximate surface area is 175 Å². The van der Waals surface area contributed by atoms with Crippen molar-refractivity contribution in [2.45, 2.75) is 52.7 Å². The van der Waals surface area contributed by atoms with Crippen LogP contribution in [0.25, 0.3) is 0 Å². The van der Waals surface area contributed by atoms with Crippen LogP contribution < -0.4 is 0 Å². The monoisotopic (exact) mass is 413 g/mol. The fourth-order valence-corrected chi connectivity index (χ4v) is 3.67. The zero-order chi connectivity index (χ0) is 22.0. The molecule has 6 heteroatoms. The van der Waals surface area contributed by atoms with Gasteiger partial charge in [0.05, 0.1) is 18.2 Å². The van der Waals surface area contributed by atoms with Crippen molar-refractivity contribution in [3.05, 3.63) is 82.1 Å². The number of allylic oxidation sites excluding steroid dienone is 1. The maximum absolute atomic E-state index is 14.5. The molecule has 0 bridgehead atoms. The SMILES string of the molecule is CC1=C(C(=O)OC(C)C)C(c2ccc(F)cc2F)CC(=O)N1Cc1ccc(C)cc1. The van der Waals surface area contributed by atoms with Crippen LogP contribution in [-0.4, -0.2) is 22.9 Å². The summed E-state index contributed by atoms with van der Waals surface area (Å²) in [6, 6.07) is 10.9. The number of halogens is 2. The van der Waals surface area contributed by atoms with Crippen LogP contribution in [0.5, 0.6) is 0 Å². The van der Waals surface area contributed by atoms with Gasteiger partial charge in [-0.25, -0.2) is 13.6 Å². The zero-order valence-electron chi connectivity index (χ0n) is 17.5. The molecule has 1 atom stereocenters. The van der Waals surface area contributed by atoms with Crippen LogP contribution >= 0.6 is 0 Å². The third-order valence-corrected chi connectivity index (χ3v) is 5.18. The van der Waals surface area contributed by atoms with Gasteiger partial charge in [-0.3, -0.25) is 4.79 Å². The zero-order valence-corrected chi connectivity index (χ0v) is 17.5. The molecule has 0 radical (unpaired) electrons. The van der Waals surface area contributed by atoms with Gasteiger partial charge < -0.3 is 9.64 Å². The van der Waals surface area contributed by atoms with E-state index < -0.39 is 23.5 Å². The summed E-state index contributed by atoms with van der Waals surface area (Å²) in [5, 5.41) is 0. The lowest BCUT2D eigenvalue weighted by Crippen LogP contribution is -2.38. The van der Waals surface area contributed by atoms with Gasteiger partial charge in [0.25, 0.3) is 0 Å². The number of benzene rings is 2. The van der Waals surface area contributed by atoms with E-state index in [1.54, 1.807) is 20.8 Å². The van der Waals surface area contributed by atoms with Gasteiger partial charge >= 0.3 is 5.97 Å². The lowest BCUT2D eigenvalue weighted by Gasteiger charge is -2.35. The highest BCUT2D eigenvalue weighted by atomic mass is 19.1. The largest absolute Gasteiger partial charge is 0.460 e. The van der Waals surface area contributed by atoms with E-state index in [1.165, 1.54) is 11.0 Å². The molecule has 0 spiro atoms. The predicted octanol–water partition coefficient (Wildman–Crippen LogP) is 5.01. The summed E-state index contributed by atoms with van der Waals surface area (Å²) < 4.78 is 33.3. The Morgan fingerprint density at radius 1 is 1.13 bits per heavy atom. The van der Waals surface area contributed by atoms with Gasteiger partial charge in [-0.05, 0) is 44.9 Å². The van der Waals surface area contributed by atoms with E-state index in [2.05, 4.69) is 0 Å². The summed E-state index contributed by atoms with van der Waals surface area (Å²) in [4.78, 5) is 27.4. The minimum atomic E-state index is -0.835. The highest BCUT2D eigenvalue weighted by Crippen LogP contribution is 2.39. The van der Waals surface area contributed by atoms with Crippen LogP contribution in [0.4, 0.5) is 8.78 Å². The number of nitrogens with zero attached hydrogens (tertiary/aromatic N) is 1. The molecular weight excluding hydrogens is 388 g/mol. The van der Waals surface area contributed by atoms with Crippen molar-refractivity contribution in [3.8, 4) is 0 Å². The first-order valence-corrected chi connectivity index (χ1v) is 9.90. The average Bonchev–Trinajstić information content (AvgIpc) is 2.65. The molecule has 1 amide bonds. The Kier molecular flexibility index (Phi) is 6.34. The number of rotatable bonds is 5. The fraction of sp³-hybridized carbons (Fsp3) is 0.333. The van der Waals surface area contributed by atoms with E-state index in [1.807, 2.05) is 31.2 Å². The summed E-state index contributed by atoms with van der Waals surface area (Å²) in [5.41, 5.74) is 2.77. The molecule has 1 aliphatic heterocycles. The lowest BCUT2D eigenvalue weighted by atomic mass is 9.83. The first kappa shape index (κ1) is 21.7. The Balaban J connectivity index is 2.06. The smallest absolute Gasteiger partial charge is 0.336 e. The summed E-state index contributed by atoms with van der Waals surface area (Å²) in [6.07, 6.45) is -0.478. The van der Waals surface area contributed by atoms with Crippen molar-refractivity contribution >= 4 is 11.9 Å². The van der Waals surface area contributed by atoms with E-state index in [9.17, 15) is 18.4 Å². The molecule has 158 valence electrons. The third-order valence-electron chi connectivity index (χ3n) is 5.18. The normalized spacial score (nSPS) is 17.0. The molecule has 0 saturated carbocycles. The maximum atomic E-state index is 14.5. The minimum Gasteiger partial charge on any atom is -0.460 e. The highest BCUT2D eigenvalue weighted by molar-refractivity contribution is 5.96. The second-order valence-corrected chi connectivity index (χ2v) is 7.84. The van der Waals surface area contributed by atoms with Crippen LogP contribution in [0.15, 0.2) is 53.7 Å². The number of aryl methyl sites for hydroxylation is 1. The van der Waals surface area contributed by atoms with Gasteiger partial charge in [0, 0.05) is 24.1 Å². The molecule has 0 saturated heterocycles.